The molecule has 0 aliphatic rings. The molecule has 64 heavy (non-hydrogen) atoms. The number of nitrogens with zero attached hydrogens (tertiary/aromatic N) is 1. The van der Waals surface area contributed by atoms with Crippen LogP contribution in [0, 0.1) is 0 Å². The molecule has 10 heteroatoms. The third-order valence-corrected chi connectivity index (χ3v) is 12.8. The van der Waals surface area contributed by atoms with E-state index in [9.17, 15) is 19.0 Å². The van der Waals surface area contributed by atoms with Crippen LogP contribution in [0.1, 0.15) is 245 Å². The Balaban J connectivity index is 5.44. The maximum atomic E-state index is 13.4. The Morgan fingerprint density at radius 1 is 0.531 bits per heavy atom. The molecule has 3 unspecified atom stereocenters. The summed E-state index contributed by atoms with van der Waals surface area (Å²) >= 11 is 0. The van der Waals surface area contributed by atoms with Crippen LogP contribution < -0.4 is 10.2 Å². The maximum Gasteiger partial charge on any atom is 0.306 e. The lowest BCUT2D eigenvalue weighted by Gasteiger charge is -2.30. The van der Waals surface area contributed by atoms with E-state index in [1.807, 2.05) is 33.3 Å². The molecule has 3 atom stereocenters. The lowest BCUT2D eigenvalue weighted by molar-refractivity contribution is -0.870. The van der Waals surface area contributed by atoms with Gasteiger partial charge in [-0.3, -0.25) is 14.2 Å². The Morgan fingerprint density at radius 2 is 0.906 bits per heavy atom. The number of nitrogens with one attached hydrogen (secondary N) is 1. The number of esters is 1. The molecule has 1 N–H and O–H groups in total. The van der Waals surface area contributed by atoms with Gasteiger partial charge in [-0.2, -0.15) is 0 Å². The first kappa shape index (κ1) is 62.2. The molecular formula is C54H103N2O7P. The monoisotopic (exact) mass is 923 g/mol. The standard InChI is InChI=1S/C54H103N2O7P/c1-7-10-13-16-19-22-25-27-29-31-34-37-40-43-46-53(57)55-51(50-62-64(59,60)61-49-48-56(4,5)6)52(45-42-39-36-33-30-24-21-18-15-12-9-3)63-54(58)47-44-41-38-35-32-28-26-23-20-17-14-11-8-2/h28-29,31-32,42,45,51-52H,7-27,30,33-41,43-44,46-50H2,1-6H3,(H-,55,57,59,60)/b31-29-,32-28-,45-42+. The Kier molecular flexibility index (Phi) is 43.8. The van der Waals surface area contributed by atoms with E-state index in [1.165, 1.54) is 128 Å². The van der Waals surface area contributed by atoms with Crippen LogP contribution in [0.2, 0.25) is 0 Å². The summed E-state index contributed by atoms with van der Waals surface area (Å²) in [5, 5.41) is 3.00. The number of ether oxygens (including phenoxy) is 1. The highest BCUT2D eigenvalue weighted by Crippen LogP contribution is 2.38. The number of phosphoric acid groups is 1. The summed E-state index contributed by atoms with van der Waals surface area (Å²) in [6.07, 6.45) is 51.1. The van der Waals surface area contributed by atoms with Gasteiger partial charge >= 0.3 is 5.97 Å². The van der Waals surface area contributed by atoms with Crippen LogP contribution in [0.25, 0.3) is 0 Å². The van der Waals surface area contributed by atoms with Gasteiger partial charge in [-0.1, -0.05) is 186 Å². The van der Waals surface area contributed by atoms with Gasteiger partial charge in [0.2, 0.25) is 5.91 Å². The van der Waals surface area contributed by atoms with E-state index in [0.29, 0.717) is 30.3 Å². The summed E-state index contributed by atoms with van der Waals surface area (Å²) in [6, 6.07) is -0.897. The summed E-state index contributed by atoms with van der Waals surface area (Å²) in [5.74, 6) is -0.576. The van der Waals surface area contributed by atoms with Crippen molar-refractivity contribution in [3.05, 3.63) is 36.5 Å². The van der Waals surface area contributed by atoms with Crippen LogP contribution in [-0.2, 0) is 27.9 Å². The van der Waals surface area contributed by atoms with Gasteiger partial charge in [-0.15, -0.1) is 0 Å². The lowest BCUT2D eigenvalue weighted by atomic mass is 10.1. The Hall–Kier alpha value is -1.77. The molecule has 9 nitrogen and oxygen atoms in total. The van der Waals surface area contributed by atoms with Gasteiger partial charge < -0.3 is 28.5 Å². The number of likely N-dealkylation sites (N-methyl/N-ethyl adjacent to an activating group) is 1. The molecule has 1 amide bonds. The zero-order chi connectivity index (χ0) is 47.3. The van der Waals surface area contributed by atoms with Crippen LogP contribution in [0.15, 0.2) is 36.5 Å². The fourth-order valence-electron chi connectivity index (χ4n) is 7.57. The van der Waals surface area contributed by atoms with E-state index >= 15 is 0 Å². The van der Waals surface area contributed by atoms with Crippen LogP contribution in [0.3, 0.4) is 0 Å². The number of phosphoric ester groups is 1. The molecule has 0 fully saturated rings. The first-order valence-electron chi connectivity index (χ1n) is 26.8. The SMILES string of the molecule is CCCCCCCC/C=C\CCCCCC(=O)OC(/C=C/CCCCCCCCCCC)C(COP(=O)([O-])OCC[N+](C)(C)C)NC(=O)CCCCC/C=C\CCCCCCCCC. The number of amides is 1. The summed E-state index contributed by atoms with van der Waals surface area (Å²) in [4.78, 5) is 39.6. The minimum absolute atomic E-state index is 0.0262. The van der Waals surface area contributed by atoms with Crippen molar-refractivity contribution in [3.63, 3.8) is 0 Å². The maximum absolute atomic E-state index is 13.4. The van der Waals surface area contributed by atoms with Gasteiger partial charge in [0.05, 0.1) is 33.8 Å². The van der Waals surface area contributed by atoms with E-state index in [4.69, 9.17) is 13.8 Å². The summed E-state index contributed by atoms with van der Waals surface area (Å²) < 4.78 is 30.1. The number of allylic oxidation sites excluding steroid dienone is 5. The molecule has 0 aliphatic heterocycles. The molecule has 0 aromatic heterocycles. The third kappa shape index (κ3) is 45.4. The number of quaternary nitrogens is 1. The number of carbonyl (C=O) groups excluding carboxylic acids is 2. The molecule has 0 saturated carbocycles. The minimum atomic E-state index is -4.69. The zero-order valence-corrected chi connectivity index (χ0v) is 43.6. The minimum Gasteiger partial charge on any atom is -0.756 e. The number of hydrogen-bond acceptors (Lipinski definition) is 7. The molecule has 0 aliphatic carbocycles. The molecule has 0 heterocycles. The number of hydrogen-bond donors (Lipinski definition) is 1. The van der Waals surface area contributed by atoms with Crippen LogP contribution in [0.5, 0.6) is 0 Å². The molecule has 0 aromatic carbocycles. The van der Waals surface area contributed by atoms with Gasteiger partial charge in [0.1, 0.15) is 19.3 Å². The lowest BCUT2D eigenvalue weighted by Crippen LogP contribution is -2.47. The Labute approximate surface area is 396 Å². The largest absolute Gasteiger partial charge is 0.756 e. The predicted octanol–water partition coefficient (Wildman–Crippen LogP) is 15.0. The molecule has 0 bridgehead atoms. The van der Waals surface area contributed by atoms with E-state index < -0.39 is 26.6 Å². The topological polar surface area (TPSA) is 114 Å². The van der Waals surface area contributed by atoms with E-state index in [2.05, 4.69) is 50.4 Å². The fourth-order valence-corrected chi connectivity index (χ4v) is 8.29. The highest BCUT2D eigenvalue weighted by molar-refractivity contribution is 7.45. The van der Waals surface area contributed by atoms with Gasteiger partial charge in [0.15, 0.2) is 0 Å². The highest BCUT2D eigenvalue weighted by atomic mass is 31.2. The second-order valence-corrected chi connectivity index (χ2v) is 20.8. The zero-order valence-electron chi connectivity index (χ0n) is 42.7. The third-order valence-electron chi connectivity index (χ3n) is 11.8. The molecule has 0 aromatic rings. The van der Waals surface area contributed by atoms with Crippen molar-refractivity contribution in [2.24, 2.45) is 0 Å². The fraction of sp³-hybridized carbons (Fsp3) is 0.852. The first-order valence-corrected chi connectivity index (χ1v) is 28.3. The number of rotatable bonds is 48. The Morgan fingerprint density at radius 3 is 1.33 bits per heavy atom. The highest BCUT2D eigenvalue weighted by Gasteiger charge is 2.27. The smallest absolute Gasteiger partial charge is 0.306 e. The molecule has 376 valence electrons. The molecule has 0 saturated heterocycles. The van der Waals surface area contributed by atoms with Crippen molar-refractivity contribution in [1.82, 2.24) is 5.32 Å². The van der Waals surface area contributed by atoms with E-state index in [1.54, 1.807) is 0 Å². The van der Waals surface area contributed by atoms with Gasteiger partial charge in [-0.05, 0) is 83.1 Å². The summed E-state index contributed by atoms with van der Waals surface area (Å²) in [5.41, 5.74) is 0. The molecule has 0 rings (SSSR count). The van der Waals surface area contributed by atoms with Crippen molar-refractivity contribution < 1.29 is 37.3 Å². The van der Waals surface area contributed by atoms with Crippen molar-refractivity contribution in [2.45, 2.75) is 258 Å². The number of carbonyl (C=O) groups is 2. The molecule has 0 radical (unpaired) electrons. The summed E-state index contributed by atoms with van der Waals surface area (Å²) in [7, 11) is 1.17. The van der Waals surface area contributed by atoms with Gasteiger partial charge in [-0.25, -0.2) is 0 Å². The second kappa shape index (κ2) is 45.0. The first-order chi connectivity index (χ1) is 30.9. The predicted molar refractivity (Wildman–Crippen MR) is 270 cm³/mol. The van der Waals surface area contributed by atoms with Gasteiger partial charge in [0, 0.05) is 12.8 Å². The van der Waals surface area contributed by atoms with Crippen LogP contribution in [-0.4, -0.2) is 69.4 Å². The Bertz CT molecular complexity index is 1200. The van der Waals surface area contributed by atoms with Crippen molar-refractivity contribution in [3.8, 4) is 0 Å². The van der Waals surface area contributed by atoms with Crippen LogP contribution in [0.4, 0.5) is 0 Å². The number of unbranched alkanes of at least 4 members (excludes halogenated alkanes) is 28. The average Bonchev–Trinajstić information content (AvgIpc) is 3.25. The van der Waals surface area contributed by atoms with Crippen LogP contribution >= 0.6 is 7.82 Å². The van der Waals surface area contributed by atoms with Crippen molar-refractivity contribution in [1.29, 1.82) is 0 Å². The second-order valence-electron chi connectivity index (χ2n) is 19.4. The normalized spacial score (nSPS) is 14.2. The van der Waals surface area contributed by atoms with Crippen molar-refractivity contribution >= 4 is 19.7 Å². The molecular weight excluding hydrogens is 820 g/mol. The quantitative estimate of drug-likeness (QED) is 0.0212. The average molecular weight is 923 g/mol. The van der Waals surface area contributed by atoms with Gasteiger partial charge in [0.25, 0.3) is 7.82 Å². The summed E-state index contributed by atoms with van der Waals surface area (Å²) in [6.45, 7) is 6.79. The van der Waals surface area contributed by atoms with E-state index in [-0.39, 0.29) is 24.9 Å². The van der Waals surface area contributed by atoms with E-state index in [0.717, 1.165) is 70.6 Å². The van der Waals surface area contributed by atoms with Crippen molar-refractivity contribution in [2.75, 3.05) is 40.9 Å². The molecule has 0 spiro atoms.